The Morgan fingerprint density at radius 2 is 1.76 bits per heavy atom. The van der Waals surface area contributed by atoms with E-state index in [1.807, 2.05) is 84.8 Å². The van der Waals surface area contributed by atoms with E-state index in [0.29, 0.717) is 45.6 Å². The van der Waals surface area contributed by atoms with E-state index in [2.05, 4.69) is 5.32 Å². The molecule has 1 aliphatic rings. The number of amides is 1. The highest BCUT2D eigenvalue weighted by molar-refractivity contribution is 7.13. The van der Waals surface area contributed by atoms with Crippen LogP contribution in [-0.4, -0.2) is 46.5 Å². The molecule has 0 spiro atoms. The Morgan fingerprint density at radius 1 is 1.05 bits per heavy atom. The van der Waals surface area contributed by atoms with E-state index in [4.69, 9.17) is 16.6 Å². The molecule has 188 valence electrons. The van der Waals surface area contributed by atoms with Crippen LogP contribution < -0.4 is 10.9 Å². The first-order valence-corrected chi connectivity index (χ1v) is 13.4. The Morgan fingerprint density at radius 3 is 2.43 bits per heavy atom. The van der Waals surface area contributed by atoms with Gasteiger partial charge in [0.1, 0.15) is 5.01 Å². The largest absolute Gasteiger partial charge is 0.336 e. The van der Waals surface area contributed by atoms with Crippen LogP contribution in [0.15, 0.2) is 76.4 Å². The molecule has 5 rings (SSSR count). The summed E-state index contributed by atoms with van der Waals surface area (Å²) in [7, 11) is 0. The van der Waals surface area contributed by atoms with Gasteiger partial charge in [0, 0.05) is 47.8 Å². The first kappa shape index (κ1) is 25.1. The predicted octanol–water partition coefficient (Wildman–Crippen LogP) is 5.75. The van der Waals surface area contributed by atoms with Gasteiger partial charge < -0.3 is 10.2 Å². The fraction of sp³-hybridized carbons (Fsp3) is 0.207. The van der Waals surface area contributed by atoms with E-state index >= 15 is 0 Å². The summed E-state index contributed by atoms with van der Waals surface area (Å²) >= 11 is 7.44. The quantitative estimate of drug-likeness (QED) is 0.357. The Kier molecular flexibility index (Phi) is 7.37. The number of halogens is 1. The van der Waals surface area contributed by atoms with Crippen LogP contribution in [0.3, 0.4) is 0 Å². The van der Waals surface area contributed by atoms with Gasteiger partial charge in [0.25, 0.3) is 11.5 Å². The number of hydrogen-bond acceptors (Lipinski definition) is 5. The lowest BCUT2D eigenvalue weighted by Crippen LogP contribution is -2.47. The van der Waals surface area contributed by atoms with Crippen molar-refractivity contribution in [1.82, 2.24) is 19.8 Å². The van der Waals surface area contributed by atoms with Crippen molar-refractivity contribution in [1.29, 1.82) is 0 Å². The minimum absolute atomic E-state index is 0.0885. The number of rotatable bonds is 5. The predicted molar refractivity (Wildman–Crippen MR) is 152 cm³/mol. The molecular weight excluding hydrogens is 504 g/mol. The minimum Gasteiger partial charge on any atom is -0.336 e. The molecule has 0 aliphatic carbocycles. The van der Waals surface area contributed by atoms with Crippen LogP contribution in [-0.2, 0) is 0 Å². The van der Waals surface area contributed by atoms with Crippen LogP contribution in [0.1, 0.15) is 29.9 Å². The molecule has 1 fully saturated rings. The molecular formula is C29H27ClN4O2S. The topological polar surface area (TPSA) is 67.2 Å². The molecule has 1 amide bonds. The van der Waals surface area contributed by atoms with Crippen LogP contribution in [0.4, 0.5) is 0 Å². The Balaban J connectivity index is 1.73. The maximum atomic E-state index is 14.1. The SMILES string of the molecule is CC(C)=Cc1c(C(=O)N2CCNCC2)cc(-c2nc(-c3ccc(Cl)cc3)cs2)c(=O)n1-c1ccccc1. The lowest BCUT2D eigenvalue weighted by atomic mass is 10.0. The van der Waals surface area contributed by atoms with Crippen LogP contribution in [0.2, 0.25) is 5.02 Å². The van der Waals surface area contributed by atoms with Crippen LogP contribution in [0.5, 0.6) is 0 Å². The first-order valence-electron chi connectivity index (χ1n) is 12.1. The minimum atomic E-state index is -0.215. The zero-order chi connectivity index (χ0) is 25.9. The molecule has 1 N–H and O–H groups in total. The summed E-state index contributed by atoms with van der Waals surface area (Å²) in [6, 6.07) is 18.6. The molecule has 0 unspecified atom stereocenters. The summed E-state index contributed by atoms with van der Waals surface area (Å²) in [6.07, 6.45) is 1.91. The number of carbonyl (C=O) groups is 1. The summed E-state index contributed by atoms with van der Waals surface area (Å²) in [6.45, 7) is 6.64. The third-order valence-corrected chi connectivity index (χ3v) is 7.32. The van der Waals surface area contributed by atoms with Gasteiger partial charge in [-0.3, -0.25) is 14.2 Å². The Hall–Kier alpha value is -3.52. The average molecular weight is 531 g/mol. The number of allylic oxidation sites excluding steroid dienone is 1. The number of aromatic nitrogens is 2. The van der Waals surface area contributed by atoms with Crippen molar-refractivity contribution in [3.05, 3.63) is 98.3 Å². The number of para-hydroxylation sites is 1. The molecule has 3 heterocycles. The van der Waals surface area contributed by atoms with Crippen LogP contribution in [0, 0.1) is 0 Å². The van der Waals surface area contributed by atoms with Crippen molar-refractivity contribution in [3.8, 4) is 27.5 Å². The van der Waals surface area contributed by atoms with Gasteiger partial charge in [0.15, 0.2) is 0 Å². The van der Waals surface area contributed by atoms with Gasteiger partial charge in [-0.25, -0.2) is 4.98 Å². The monoisotopic (exact) mass is 530 g/mol. The highest BCUT2D eigenvalue weighted by atomic mass is 35.5. The lowest BCUT2D eigenvalue weighted by Gasteiger charge is -2.28. The second kappa shape index (κ2) is 10.8. The average Bonchev–Trinajstić information content (AvgIpc) is 3.40. The maximum Gasteiger partial charge on any atom is 0.265 e. The van der Waals surface area contributed by atoms with Crippen molar-refractivity contribution in [2.75, 3.05) is 26.2 Å². The number of piperazine rings is 1. The highest BCUT2D eigenvalue weighted by Crippen LogP contribution is 2.30. The summed E-state index contributed by atoms with van der Waals surface area (Å²) in [4.78, 5) is 34.6. The van der Waals surface area contributed by atoms with Crippen molar-refractivity contribution < 1.29 is 4.79 Å². The molecule has 0 atom stereocenters. The van der Waals surface area contributed by atoms with Crippen molar-refractivity contribution in [3.63, 3.8) is 0 Å². The highest BCUT2D eigenvalue weighted by Gasteiger charge is 2.26. The van der Waals surface area contributed by atoms with Gasteiger partial charge in [0.05, 0.1) is 22.5 Å². The summed E-state index contributed by atoms with van der Waals surface area (Å²) in [5.74, 6) is -0.0885. The van der Waals surface area contributed by atoms with E-state index in [1.54, 1.807) is 10.6 Å². The molecule has 2 aromatic heterocycles. The van der Waals surface area contributed by atoms with Gasteiger partial charge in [-0.05, 0) is 50.3 Å². The molecule has 6 nitrogen and oxygen atoms in total. The standard InChI is InChI=1S/C29H27ClN4O2S/c1-19(2)16-26-23(28(35)33-14-12-31-13-15-33)17-24(29(36)34(26)22-6-4-3-5-7-22)27-32-25(18-37-27)20-8-10-21(30)11-9-20/h3-11,16-18,31H,12-15H2,1-2H3. The van der Waals surface area contributed by atoms with Gasteiger partial charge in [-0.2, -0.15) is 0 Å². The molecule has 4 aromatic rings. The lowest BCUT2D eigenvalue weighted by molar-refractivity contribution is 0.0735. The number of carbonyl (C=O) groups excluding carboxylic acids is 1. The number of benzene rings is 2. The van der Waals surface area contributed by atoms with Gasteiger partial charge >= 0.3 is 0 Å². The second-order valence-corrected chi connectivity index (χ2v) is 10.4. The Bertz CT molecular complexity index is 1510. The van der Waals surface area contributed by atoms with E-state index in [-0.39, 0.29) is 11.5 Å². The van der Waals surface area contributed by atoms with Crippen LogP contribution >= 0.6 is 22.9 Å². The third kappa shape index (κ3) is 5.30. The van der Waals surface area contributed by atoms with Gasteiger partial charge in [0.2, 0.25) is 0 Å². The molecule has 1 aliphatic heterocycles. The van der Waals surface area contributed by atoms with Crippen molar-refractivity contribution in [2.45, 2.75) is 13.8 Å². The van der Waals surface area contributed by atoms with E-state index in [1.165, 1.54) is 11.3 Å². The molecule has 0 bridgehead atoms. The zero-order valence-corrected chi connectivity index (χ0v) is 22.3. The van der Waals surface area contributed by atoms with E-state index in [9.17, 15) is 9.59 Å². The number of nitrogens with zero attached hydrogens (tertiary/aromatic N) is 3. The first-order chi connectivity index (χ1) is 17.9. The van der Waals surface area contributed by atoms with Crippen molar-refractivity contribution in [2.24, 2.45) is 0 Å². The molecule has 37 heavy (non-hydrogen) atoms. The second-order valence-electron chi connectivity index (χ2n) is 9.14. The van der Waals surface area contributed by atoms with Crippen molar-refractivity contribution >= 4 is 34.9 Å². The van der Waals surface area contributed by atoms with Gasteiger partial charge in [-0.1, -0.05) is 47.5 Å². The summed E-state index contributed by atoms with van der Waals surface area (Å²) in [5.41, 5.74) is 4.61. The fourth-order valence-corrected chi connectivity index (χ4v) is 5.36. The fourth-order valence-electron chi connectivity index (χ4n) is 4.39. The van der Waals surface area contributed by atoms with Crippen LogP contribution in [0.25, 0.3) is 33.6 Å². The van der Waals surface area contributed by atoms with E-state index in [0.717, 1.165) is 29.9 Å². The number of thiazole rings is 1. The zero-order valence-electron chi connectivity index (χ0n) is 20.7. The molecule has 0 saturated carbocycles. The Labute approximate surface area is 224 Å². The molecule has 2 aromatic carbocycles. The molecule has 8 heteroatoms. The van der Waals surface area contributed by atoms with E-state index < -0.39 is 0 Å². The number of nitrogens with one attached hydrogen (secondary N) is 1. The summed E-state index contributed by atoms with van der Waals surface area (Å²) < 4.78 is 1.64. The molecule has 0 radical (unpaired) electrons. The summed E-state index contributed by atoms with van der Waals surface area (Å²) in [5, 5.41) is 6.44. The normalized spacial score (nSPS) is 13.4. The molecule has 1 saturated heterocycles. The number of hydrogen-bond donors (Lipinski definition) is 1. The smallest absolute Gasteiger partial charge is 0.265 e. The van der Waals surface area contributed by atoms with Gasteiger partial charge in [-0.15, -0.1) is 11.3 Å². The maximum absolute atomic E-state index is 14.1. The number of pyridine rings is 1. The third-order valence-electron chi connectivity index (χ3n) is 6.19.